The zero-order chi connectivity index (χ0) is 14.6. The lowest BCUT2D eigenvalue weighted by Gasteiger charge is -2.31. The number of benzene rings is 1. The molecule has 0 amide bonds. The number of hydrogen-bond donors (Lipinski definition) is 2. The van der Waals surface area contributed by atoms with Crippen LogP contribution in [0.25, 0.3) is 0 Å². The lowest BCUT2D eigenvalue weighted by Crippen LogP contribution is -2.32. The molecule has 5 nitrogen and oxygen atoms in total. The van der Waals surface area contributed by atoms with Crippen molar-refractivity contribution in [2.75, 3.05) is 27.9 Å². The van der Waals surface area contributed by atoms with Crippen molar-refractivity contribution in [3.63, 3.8) is 0 Å². The first kappa shape index (κ1) is 18.8. The van der Waals surface area contributed by atoms with E-state index in [1.54, 1.807) is 33.5 Å². The zero-order valence-corrected chi connectivity index (χ0v) is 13.4. The number of halogens is 1. The lowest BCUT2D eigenvalue weighted by atomic mass is 9.81. The van der Waals surface area contributed by atoms with E-state index in [2.05, 4.69) is 0 Å². The van der Waals surface area contributed by atoms with Crippen LogP contribution < -0.4 is 19.9 Å². The molecular formula is C14H24ClNO4. The van der Waals surface area contributed by atoms with Crippen molar-refractivity contribution in [2.45, 2.75) is 19.9 Å². The van der Waals surface area contributed by atoms with Gasteiger partial charge in [-0.3, -0.25) is 0 Å². The summed E-state index contributed by atoms with van der Waals surface area (Å²) in [6.45, 7) is 3.77. The second-order valence-corrected chi connectivity index (χ2v) is 5.07. The monoisotopic (exact) mass is 305 g/mol. The molecule has 1 aromatic rings. The third-order valence-corrected chi connectivity index (χ3v) is 3.32. The van der Waals surface area contributed by atoms with Crippen LogP contribution in [-0.4, -0.2) is 33.0 Å². The summed E-state index contributed by atoms with van der Waals surface area (Å²) in [4.78, 5) is 0. The van der Waals surface area contributed by atoms with Crippen molar-refractivity contribution in [3.8, 4) is 17.2 Å². The molecular weight excluding hydrogens is 282 g/mol. The van der Waals surface area contributed by atoms with Gasteiger partial charge < -0.3 is 25.1 Å². The molecule has 0 fully saturated rings. The van der Waals surface area contributed by atoms with Gasteiger partial charge in [-0.2, -0.15) is 0 Å². The third kappa shape index (κ3) is 3.69. The number of hydrogen-bond acceptors (Lipinski definition) is 5. The largest absolute Gasteiger partial charge is 0.496 e. The minimum Gasteiger partial charge on any atom is -0.496 e. The van der Waals surface area contributed by atoms with Gasteiger partial charge in [0.2, 0.25) is 0 Å². The number of methoxy groups -OCH3 is 3. The molecule has 1 rings (SSSR count). The Bertz CT molecular complexity index is 437. The molecule has 0 spiro atoms. The van der Waals surface area contributed by atoms with Gasteiger partial charge in [-0.05, 0) is 6.07 Å². The highest BCUT2D eigenvalue weighted by molar-refractivity contribution is 5.85. The molecule has 0 aromatic heterocycles. The summed E-state index contributed by atoms with van der Waals surface area (Å²) in [5.74, 6) is 1.78. The SMILES string of the molecule is COc1cc(OC)c([C@@H](N)C(C)(C)CO)cc1OC.Cl. The summed E-state index contributed by atoms with van der Waals surface area (Å²) >= 11 is 0. The Hall–Kier alpha value is -1.17. The minimum absolute atomic E-state index is 0. The third-order valence-electron chi connectivity index (χ3n) is 3.32. The second-order valence-electron chi connectivity index (χ2n) is 5.07. The maximum Gasteiger partial charge on any atom is 0.164 e. The van der Waals surface area contributed by atoms with Crippen molar-refractivity contribution >= 4 is 12.4 Å². The van der Waals surface area contributed by atoms with E-state index in [9.17, 15) is 5.11 Å². The quantitative estimate of drug-likeness (QED) is 0.842. The molecule has 116 valence electrons. The van der Waals surface area contributed by atoms with Crippen molar-refractivity contribution in [1.82, 2.24) is 0 Å². The van der Waals surface area contributed by atoms with Crippen LogP contribution in [0.1, 0.15) is 25.5 Å². The molecule has 6 heteroatoms. The normalized spacial score (nSPS) is 12.3. The molecule has 1 aromatic carbocycles. The number of ether oxygens (including phenoxy) is 3. The Morgan fingerprint density at radius 2 is 1.50 bits per heavy atom. The first-order valence-corrected chi connectivity index (χ1v) is 6.07. The molecule has 0 heterocycles. The van der Waals surface area contributed by atoms with E-state index >= 15 is 0 Å². The van der Waals surface area contributed by atoms with E-state index in [1.807, 2.05) is 13.8 Å². The van der Waals surface area contributed by atoms with Crippen molar-refractivity contribution < 1.29 is 19.3 Å². The molecule has 0 saturated heterocycles. The molecule has 0 aliphatic rings. The van der Waals surface area contributed by atoms with Gasteiger partial charge >= 0.3 is 0 Å². The van der Waals surface area contributed by atoms with Crippen LogP contribution in [0.2, 0.25) is 0 Å². The van der Waals surface area contributed by atoms with Crippen LogP contribution in [0.3, 0.4) is 0 Å². The van der Waals surface area contributed by atoms with Gasteiger partial charge in [0.25, 0.3) is 0 Å². The van der Waals surface area contributed by atoms with Crippen molar-refractivity contribution in [2.24, 2.45) is 11.1 Å². The Morgan fingerprint density at radius 1 is 1.05 bits per heavy atom. The van der Waals surface area contributed by atoms with Gasteiger partial charge in [-0.25, -0.2) is 0 Å². The average molecular weight is 306 g/mol. The van der Waals surface area contributed by atoms with Crippen molar-refractivity contribution in [3.05, 3.63) is 17.7 Å². The number of aliphatic hydroxyl groups excluding tert-OH is 1. The Kier molecular flexibility index (Phi) is 7.13. The topological polar surface area (TPSA) is 73.9 Å². The van der Waals surface area contributed by atoms with Gasteiger partial charge in [-0.15, -0.1) is 12.4 Å². The van der Waals surface area contributed by atoms with Gasteiger partial charge in [-0.1, -0.05) is 13.8 Å². The molecule has 1 atom stereocenters. The summed E-state index contributed by atoms with van der Waals surface area (Å²) in [5.41, 5.74) is 6.55. The maximum absolute atomic E-state index is 9.44. The predicted octanol–water partition coefficient (Wildman–Crippen LogP) is 2.15. The summed E-state index contributed by atoms with van der Waals surface area (Å²) in [6.07, 6.45) is 0. The highest BCUT2D eigenvalue weighted by Gasteiger charge is 2.30. The fourth-order valence-corrected chi connectivity index (χ4v) is 1.82. The van der Waals surface area contributed by atoms with Crippen LogP contribution in [0.4, 0.5) is 0 Å². The number of rotatable bonds is 6. The number of nitrogens with two attached hydrogens (primary N) is 1. The van der Waals surface area contributed by atoms with Crippen LogP contribution in [0.5, 0.6) is 17.2 Å². The van der Waals surface area contributed by atoms with Crippen LogP contribution >= 0.6 is 12.4 Å². The smallest absolute Gasteiger partial charge is 0.164 e. The Balaban J connectivity index is 0.00000361. The van der Waals surface area contributed by atoms with E-state index < -0.39 is 5.41 Å². The molecule has 0 bridgehead atoms. The molecule has 0 aliphatic carbocycles. The summed E-state index contributed by atoms with van der Waals surface area (Å²) in [6, 6.07) is 3.15. The summed E-state index contributed by atoms with van der Waals surface area (Å²) in [7, 11) is 4.70. The fraction of sp³-hybridized carbons (Fsp3) is 0.571. The number of aliphatic hydroxyl groups is 1. The van der Waals surface area contributed by atoms with Crippen LogP contribution in [-0.2, 0) is 0 Å². The first-order valence-electron chi connectivity index (χ1n) is 6.07. The van der Waals surface area contributed by atoms with Gasteiger partial charge in [0.1, 0.15) is 5.75 Å². The summed E-state index contributed by atoms with van der Waals surface area (Å²) in [5, 5.41) is 9.44. The maximum atomic E-state index is 9.44. The highest BCUT2D eigenvalue weighted by Crippen LogP contribution is 2.41. The van der Waals surface area contributed by atoms with Crippen LogP contribution in [0, 0.1) is 5.41 Å². The van der Waals surface area contributed by atoms with Gasteiger partial charge in [0, 0.05) is 29.7 Å². The zero-order valence-electron chi connectivity index (χ0n) is 12.6. The van der Waals surface area contributed by atoms with Crippen molar-refractivity contribution in [1.29, 1.82) is 0 Å². The Morgan fingerprint density at radius 3 is 1.90 bits per heavy atom. The summed E-state index contributed by atoms with van der Waals surface area (Å²) < 4.78 is 15.9. The molecule has 0 radical (unpaired) electrons. The predicted molar refractivity (Wildman–Crippen MR) is 81.1 cm³/mol. The minimum atomic E-state index is -0.465. The highest BCUT2D eigenvalue weighted by atomic mass is 35.5. The first-order chi connectivity index (χ1) is 8.91. The second kappa shape index (κ2) is 7.57. The molecule has 20 heavy (non-hydrogen) atoms. The van der Waals surface area contributed by atoms with Crippen LogP contribution in [0.15, 0.2) is 12.1 Å². The van der Waals surface area contributed by atoms with E-state index in [0.717, 1.165) is 5.56 Å². The standard InChI is InChI=1S/C14H23NO4.ClH/c1-14(2,8-16)13(15)9-6-11(18-4)12(19-5)7-10(9)17-3;/h6-7,13,16H,8,15H2,1-5H3;1H/t13-;/m1./s1. The molecule has 0 aliphatic heterocycles. The molecule has 3 N–H and O–H groups in total. The average Bonchev–Trinajstić information content (AvgIpc) is 2.44. The van der Waals surface area contributed by atoms with E-state index in [4.69, 9.17) is 19.9 Å². The lowest BCUT2D eigenvalue weighted by molar-refractivity contribution is 0.131. The molecule has 0 unspecified atom stereocenters. The van der Waals surface area contributed by atoms with E-state index in [1.165, 1.54) is 0 Å². The molecule has 0 saturated carbocycles. The van der Waals surface area contributed by atoms with Gasteiger partial charge in [0.15, 0.2) is 11.5 Å². The van der Waals surface area contributed by atoms with E-state index in [0.29, 0.717) is 17.2 Å². The fourth-order valence-electron chi connectivity index (χ4n) is 1.82. The van der Waals surface area contributed by atoms with E-state index in [-0.39, 0.29) is 25.1 Å². The van der Waals surface area contributed by atoms with Gasteiger partial charge in [0.05, 0.1) is 21.3 Å². The Labute approximate surface area is 126 Å².